The lowest BCUT2D eigenvalue weighted by atomic mass is 9.98. The lowest BCUT2D eigenvalue weighted by Gasteiger charge is -2.22. The summed E-state index contributed by atoms with van der Waals surface area (Å²) in [5.74, 6) is 0.419. The highest BCUT2D eigenvalue weighted by Crippen LogP contribution is 2.32. The molecular formula is C13H22OS. The highest BCUT2D eigenvalue weighted by molar-refractivity contribution is 8.14. The molecule has 0 N–H and O–H groups in total. The molecular weight excluding hydrogens is 204 g/mol. The molecule has 1 aliphatic carbocycles. The van der Waals surface area contributed by atoms with Crippen LogP contribution in [-0.4, -0.2) is 10.4 Å². The van der Waals surface area contributed by atoms with Gasteiger partial charge in [0.2, 0.25) is 0 Å². The summed E-state index contributed by atoms with van der Waals surface area (Å²) in [5.41, 5.74) is 0. The molecule has 1 atom stereocenters. The molecule has 0 aromatic rings. The first-order valence-electron chi connectivity index (χ1n) is 5.98. The molecule has 0 aromatic carbocycles. The van der Waals surface area contributed by atoms with Gasteiger partial charge in [-0.1, -0.05) is 50.9 Å². The monoisotopic (exact) mass is 226 g/mol. The van der Waals surface area contributed by atoms with Gasteiger partial charge in [0.15, 0.2) is 5.12 Å². The topological polar surface area (TPSA) is 17.1 Å². The Bertz CT molecular complexity index is 217. The molecule has 2 heteroatoms. The molecule has 86 valence electrons. The predicted octanol–water partition coefficient (Wildman–Crippen LogP) is 4.04. The van der Waals surface area contributed by atoms with E-state index < -0.39 is 0 Å². The molecule has 15 heavy (non-hydrogen) atoms. The van der Waals surface area contributed by atoms with Crippen LogP contribution in [0.25, 0.3) is 0 Å². The Hall–Kier alpha value is -0.240. The fourth-order valence-corrected chi connectivity index (χ4v) is 3.49. The fraction of sp³-hybridized carbons (Fsp3) is 0.769. The molecule has 0 saturated heterocycles. The molecule has 1 rings (SSSR count). The second-order valence-corrected chi connectivity index (χ2v) is 6.01. The predicted molar refractivity (Wildman–Crippen MR) is 68.0 cm³/mol. The molecule has 0 heterocycles. The zero-order chi connectivity index (χ0) is 11.3. The molecule has 0 radical (unpaired) electrons. The van der Waals surface area contributed by atoms with Crippen LogP contribution < -0.4 is 0 Å². The quantitative estimate of drug-likeness (QED) is 0.673. The third kappa shape index (κ3) is 4.02. The van der Waals surface area contributed by atoms with E-state index in [-0.39, 0.29) is 5.92 Å². The van der Waals surface area contributed by atoms with Crippen LogP contribution in [0.15, 0.2) is 12.7 Å². The first kappa shape index (κ1) is 12.8. The first-order valence-corrected chi connectivity index (χ1v) is 6.86. The molecule has 1 nitrogen and oxygen atoms in total. The number of carbonyl (C=O) groups excluding carboxylic acids is 1. The van der Waals surface area contributed by atoms with E-state index in [9.17, 15) is 4.79 Å². The Labute approximate surface area is 97.7 Å². The summed E-state index contributed by atoms with van der Waals surface area (Å²) in [5, 5.41) is 0.902. The third-order valence-electron chi connectivity index (χ3n) is 3.08. The Morgan fingerprint density at radius 2 is 1.93 bits per heavy atom. The summed E-state index contributed by atoms with van der Waals surface area (Å²) >= 11 is 1.57. The molecule has 0 spiro atoms. The second-order valence-electron chi connectivity index (χ2n) is 4.70. The Balaban J connectivity index is 2.41. The van der Waals surface area contributed by atoms with Crippen molar-refractivity contribution in [2.75, 3.05) is 0 Å². The number of thioether (sulfide) groups is 1. The standard InChI is InChI=1S/C13H22OS/c1-4-12(10(2)3)13(14)15-11-8-6-5-7-9-11/h4,10-12H,1,5-9H2,2-3H3. The summed E-state index contributed by atoms with van der Waals surface area (Å²) in [6.07, 6.45) is 8.19. The maximum atomic E-state index is 12.0. The van der Waals surface area contributed by atoms with E-state index in [4.69, 9.17) is 0 Å². The average molecular weight is 226 g/mol. The number of hydrogen-bond acceptors (Lipinski definition) is 2. The van der Waals surface area contributed by atoms with Crippen molar-refractivity contribution in [3.05, 3.63) is 12.7 Å². The number of hydrogen-bond donors (Lipinski definition) is 0. The van der Waals surface area contributed by atoms with E-state index >= 15 is 0 Å². The SMILES string of the molecule is C=CC(C(=O)SC1CCCCC1)C(C)C. The third-order valence-corrected chi connectivity index (χ3v) is 4.39. The van der Waals surface area contributed by atoms with Gasteiger partial charge >= 0.3 is 0 Å². The largest absolute Gasteiger partial charge is 0.287 e. The van der Waals surface area contributed by atoms with Crippen LogP contribution in [0.3, 0.4) is 0 Å². The number of allylic oxidation sites excluding steroid dienone is 1. The van der Waals surface area contributed by atoms with Gasteiger partial charge in [0, 0.05) is 11.2 Å². The van der Waals surface area contributed by atoms with Gasteiger partial charge in [-0.15, -0.1) is 6.58 Å². The Morgan fingerprint density at radius 3 is 2.40 bits per heavy atom. The van der Waals surface area contributed by atoms with Crippen LogP contribution in [-0.2, 0) is 4.79 Å². The molecule has 1 unspecified atom stereocenters. The lowest BCUT2D eigenvalue weighted by molar-refractivity contribution is -0.114. The van der Waals surface area contributed by atoms with Crippen molar-refractivity contribution in [1.29, 1.82) is 0 Å². The zero-order valence-corrected chi connectivity index (χ0v) is 10.7. The average Bonchev–Trinajstić information content (AvgIpc) is 2.19. The number of rotatable bonds is 4. The van der Waals surface area contributed by atoms with Crippen LogP contribution in [0.2, 0.25) is 0 Å². The van der Waals surface area contributed by atoms with Crippen molar-refractivity contribution < 1.29 is 4.79 Å². The number of carbonyl (C=O) groups is 1. The van der Waals surface area contributed by atoms with E-state index in [2.05, 4.69) is 20.4 Å². The van der Waals surface area contributed by atoms with Crippen LogP contribution in [0.1, 0.15) is 46.0 Å². The van der Waals surface area contributed by atoms with Crippen molar-refractivity contribution in [1.82, 2.24) is 0 Å². The summed E-state index contributed by atoms with van der Waals surface area (Å²) in [7, 11) is 0. The highest BCUT2D eigenvalue weighted by Gasteiger charge is 2.24. The summed E-state index contributed by atoms with van der Waals surface area (Å²) in [6, 6.07) is 0. The zero-order valence-electron chi connectivity index (χ0n) is 9.87. The minimum Gasteiger partial charge on any atom is -0.287 e. The molecule has 0 aliphatic heterocycles. The summed E-state index contributed by atoms with van der Waals surface area (Å²) in [4.78, 5) is 12.0. The van der Waals surface area contributed by atoms with Gasteiger partial charge in [-0.25, -0.2) is 0 Å². The van der Waals surface area contributed by atoms with E-state index in [1.54, 1.807) is 11.8 Å². The molecule has 0 amide bonds. The first-order chi connectivity index (χ1) is 7.15. The maximum Gasteiger partial charge on any atom is 0.196 e. The fourth-order valence-electron chi connectivity index (χ4n) is 2.07. The molecule has 0 aromatic heterocycles. The van der Waals surface area contributed by atoms with Crippen molar-refractivity contribution in [2.24, 2.45) is 11.8 Å². The van der Waals surface area contributed by atoms with Crippen molar-refractivity contribution in [2.45, 2.75) is 51.2 Å². The molecule has 1 saturated carbocycles. The summed E-state index contributed by atoms with van der Waals surface area (Å²) < 4.78 is 0. The minimum atomic E-state index is 0.0388. The van der Waals surface area contributed by atoms with Gasteiger partial charge in [-0.2, -0.15) is 0 Å². The van der Waals surface area contributed by atoms with Gasteiger partial charge in [-0.05, 0) is 18.8 Å². The van der Waals surface area contributed by atoms with Gasteiger partial charge in [0.05, 0.1) is 0 Å². The molecule has 1 aliphatic rings. The van der Waals surface area contributed by atoms with E-state index in [0.717, 1.165) is 0 Å². The van der Waals surface area contributed by atoms with Crippen LogP contribution >= 0.6 is 11.8 Å². The van der Waals surface area contributed by atoms with E-state index in [1.807, 2.05) is 6.08 Å². The van der Waals surface area contributed by atoms with Gasteiger partial charge in [0.25, 0.3) is 0 Å². The second kappa shape index (κ2) is 6.37. The highest BCUT2D eigenvalue weighted by atomic mass is 32.2. The van der Waals surface area contributed by atoms with Gasteiger partial charge < -0.3 is 0 Å². The normalized spacial score (nSPS) is 20.2. The maximum absolute atomic E-state index is 12.0. The van der Waals surface area contributed by atoms with Crippen molar-refractivity contribution in [3.8, 4) is 0 Å². The smallest absolute Gasteiger partial charge is 0.196 e. The minimum absolute atomic E-state index is 0.0388. The van der Waals surface area contributed by atoms with Crippen LogP contribution in [0.5, 0.6) is 0 Å². The Morgan fingerprint density at radius 1 is 1.33 bits per heavy atom. The van der Waals surface area contributed by atoms with Crippen LogP contribution in [0.4, 0.5) is 0 Å². The molecule has 1 fully saturated rings. The Kier molecular flexibility index (Phi) is 5.44. The van der Waals surface area contributed by atoms with E-state index in [0.29, 0.717) is 16.3 Å². The summed E-state index contributed by atoms with van der Waals surface area (Å²) in [6.45, 7) is 7.94. The van der Waals surface area contributed by atoms with Crippen LogP contribution in [0, 0.1) is 11.8 Å². The van der Waals surface area contributed by atoms with Crippen molar-refractivity contribution >= 4 is 16.9 Å². The lowest BCUT2D eigenvalue weighted by Crippen LogP contribution is -2.19. The van der Waals surface area contributed by atoms with E-state index in [1.165, 1.54) is 32.1 Å². The van der Waals surface area contributed by atoms with Crippen molar-refractivity contribution in [3.63, 3.8) is 0 Å². The molecule has 0 bridgehead atoms. The van der Waals surface area contributed by atoms with Gasteiger partial charge in [0.1, 0.15) is 0 Å². The van der Waals surface area contributed by atoms with Gasteiger partial charge in [-0.3, -0.25) is 4.79 Å².